The summed E-state index contributed by atoms with van der Waals surface area (Å²) in [4.78, 5) is 33.6. The molecule has 2 rings (SSSR count). The smallest absolute Gasteiger partial charge is 0.251 e. The van der Waals surface area contributed by atoms with Crippen molar-refractivity contribution in [2.75, 3.05) is 32.1 Å². The van der Waals surface area contributed by atoms with Crippen LogP contribution in [-0.2, 0) is 4.79 Å². The zero-order valence-electron chi connectivity index (χ0n) is 14.6. The molecule has 0 bridgehead atoms. The van der Waals surface area contributed by atoms with E-state index in [1.54, 1.807) is 23.4 Å². The molecule has 0 spiro atoms. The Hall–Kier alpha value is -3.29. The first-order valence-corrected chi connectivity index (χ1v) is 7.95. The van der Waals surface area contributed by atoms with Gasteiger partial charge in [-0.25, -0.2) is 14.4 Å². The molecule has 2 amide bonds. The van der Waals surface area contributed by atoms with Crippen LogP contribution in [0.3, 0.4) is 0 Å². The van der Waals surface area contributed by atoms with E-state index < -0.39 is 5.82 Å². The molecule has 1 heterocycles. The molecule has 8 heteroatoms. The summed E-state index contributed by atoms with van der Waals surface area (Å²) in [6.07, 6.45) is 6.21. The van der Waals surface area contributed by atoms with Gasteiger partial charge in [0.05, 0.1) is 0 Å². The third-order valence-electron chi connectivity index (χ3n) is 3.30. The van der Waals surface area contributed by atoms with E-state index in [4.69, 9.17) is 0 Å². The third kappa shape index (κ3) is 5.97. The van der Waals surface area contributed by atoms with E-state index in [0.717, 1.165) is 0 Å². The molecule has 136 valence electrons. The van der Waals surface area contributed by atoms with Crippen LogP contribution in [0.1, 0.15) is 15.9 Å². The summed E-state index contributed by atoms with van der Waals surface area (Å²) >= 11 is 0. The van der Waals surface area contributed by atoms with E-state index in [9.17, 15) is 14.0 Å². The van der Waals surface area contributed by atoms with Crippen LogP contribution in [0.2, 0.25) is 0 Å². The molecule has 0 fully saturated rings. The second-order valence-corrected chi connectivity index (χ2v) is 5.60. The lowest BCUT2D eigenvalue weighted by Gasteiger charge is -2.08. The summed E-state index contributed by atoms with van der Waals surface area (Å²) in [6.45, 7) is 0.530. The second-order valence-electron chi connectivity index (χ2n) is 5.60. The lowest BCUT2D eigenvalue weighted by molar-refractivity contribution is -0.116. The van der Waals surface area contributed by atoms with Gasteiger partial charge in [0.2, 0.25) is 11.9 Å². The van der Waals surface area contributed by atoms with Gasteiger partial charge in [0.1, 0.15) is 5.82 Å². The Kier molecular flexibility index (Phi) is 6.78. The van der Waals surface area contributed by atoms with Crippen LogP contribution in [0, 0.1) is 5.82 Å². The van der Waals surface area contributed by atoms with Gasteiger partial charge in [-0.05, 0) is 30.3 Å². The molecule has 1 aromatic heterocycles. The number of anilines is 1. The molecular weight excluding hydrogens is 337 g/mol. The lowest BCUT2D eigenvalue weighted by Crippen LogP contribution is -2.33. The van der Waals surface area contributed by atoms with Crippen molar-refractivity contribution in [1.29, 1.82) is 0 Å². The first-order valence-electron chi connectivity index (χ1n) is 7.95. The maximum absolute atomic E-state index is 12.8. The summed E-state index contributed by atoms with van der Waals surface area (Å²) in [6, 6.07) is 5.23. The number of nitrogens with one attached hydrogen (secondary N) is 2. The van der Waals surface area contributed by atoms with E-state index in [2.05, 4.69) is 20.6 Å². The lowest BCUT2D eigenvalue weighted by atomic mass is 10.2. The number of aromatic nitrogens is 2. The van der Waals surface area contributed by atoms with Crippen molar-refractivity contribution >= 4 is 23.8 Å². The van der Waals surface area contributed by atoms with Gasteiger partial charge in [0, 0.05) is 56.8 Å². The molecule has 0 saturated carbocycles. The van der Waals surface area contributed by atoms with Gasteiger partial charge < -0.3 is 15.5 Å². The fourth-order valence-electron chi connectivity index (χ4n) is 1.94. The maximum Gasteiger partial charge on any atom is 0.251 e. The van der Waals surface area contributed by atoms with Gasteiger partial charge in [-0.2, -0.15) is 0 Å². The maximum atomic E-state index is 12.8. The molecule has 2 N–H and O–H groups in total. The molecule has 2 aromatic rings. The highest BCUT2D eigenvalue weighted by Gasteiger charge is 2.04. The van der Waals surface area contributed by atoms with Crippen molar-refractivity contribution in [1.82, 2.24) is 20.6 Å². The topological polar surface area (TPSA) is 87.2 Å². The minimum atomic E-state index is -0.401. The van der Waals surface area contributed by atoms with Crippen molar-refractivity contribution in [2.45, 2.75) is 0 Å². The van der Waals surface area contributed by atoms with Crippen molar-refractivity contribution in [3.8, 4) is 0 Å². The van der Waals surface area contributed by atoms with Crippen LogP contribution in [0.5, 0.6) is 0 Å². The summed E-state index contributed by atoms with van der Waals surface area (Å²) < 4.78 is 12.8. The number of amides is 2. The predicted molar refractivity (Wildman–Crippen MR) is 97.1 cm³/mol. The van der Waals surface area contributed by atoms with Gasteiger partial charge in [-0.1, -0.05) is 0 Å². The molecule has 0 radical (unpaired) electrons. The summed E-state index contributed by atoms with van der Waals surface area (Å²) in [5.41, 5.74) is 1.06. The molecule has 1 aromatic carbocycles. The number of carbonyl (C=O) groups is 2. The number of rotatable bonds is 7. The standard InChI is InChI=1S/C18H20FN5O2/c1-24(2)18-22-11-13(12-23-18)3-8-16(25)20-9-10-21-17(26)14-4-6-15(19)7-5-14/h3-8,11-12H,9-10H2,1-2H3,(H,20,25)(H,21,26). The number of halogens is 1. The first-order chi connectivity index (χ1) is 12.5. The average Bonchev–Trinajstić information content (AvgIpc) is 2.64. The van der Waals surface area contributed by atoms with Gasteiger partial charge in [0.25, 0.3) is 5.91 Å². The van der Waals surface area contributed by atoms with Crippen molar-refractivity contribution in [3.05, 3.63) is 59.7 Å². The SMILES string of the molecule is CN(C)c1ncc(C=CC(=O)NCCNC(=O)c2ccc(F)cc2)cn1. The summed E-state index contributed by atoms with van der Waals surface area (Å²) in [5, 5.41) is 5.29. The van der Waals surface area contributed by atoms with E-state index in [1.165, 1.54) is 30.3 Å². The van der Waals surface area contributed by atoms with Crippen molar-refractivity contribution < 1.29 is 14.0 Å². The van der Waals surface area contributed by atoms with Crippen LogP contribution in [-0.4, -0.2) is 49.0 Å². The first kappa shape index (κ1) is 19.0. The minimum Gasteiger partial charge on any atom is -0.351 e. The van der Waals surface area contributed by atoms with Crippen LogP contribution in [0.4, 0.5) is 10.3 Å². The summed E-state index contributed by atoms with van der Waals surface area (Å²) in [5.74, 6) is -0.434. The molecular formula is C18H20FN5O2. The molecule has 0 aliphatic carbocycles. The number of carbonyl (C=O) groups excluding carboxylic acids is 2. The molecule has 0 atom stereocenters. The largest absolute Gasteiger partial charge is 0.351 e. The van der Waals surface area contributed by atoms with Crippen LogP contribution in [0.25, 0.3) is 6.08 Å². The zero-order chi connectivity index (χ0) is 18.9. The van der Waals surface area contributed by atoms with Crippen molar-refractivity contribution in [2.24, 2.45) is 0 Å². The van der Waals surface area contributed by atoms with Gasteiger partial charge in [-0.15, -0.1) is 0 Å². The molecule has 26 heavy (non-hydrogen) atoms. The number of hydrogen-bond donors (Lipinski definition) is 2. The Balaban J connectivity index is 1.71. The molecule has 7 nitrogen and oxygen atoms in total. The Morgan fingerprint density at radius 2 is 1.69 bits per heavy atom. The van der Waals surface area contributed by atoms with Gasteiger partial charge in [0.15, 0.2) is 0 Å². The van der Waals surface area contributed by atoms with E-state index in [1.807, 2.05) is 14.1 Å². The fraction of sp³-hybridized carbons (Fsp3) is 0.222. The molecule has 0 saturated heterocycles. The highest BCUT2D eigenvalue weighted by Crippen LogP contribution is 2.04. The molecule has 0 aliphatic rings. The van der Waals surface area contributed by atoms with Crippen LogP contribution >= 0.6 is 0 Å². The third-order valence-corrected chi connectivity index (χ3v) is 3.30. The average molecular weight is 357 g/mol. The quantitative estimate of drug-likeness (QED) is 0.575. The van der Waals surface area contributed by atoms with E-state index >= 15 is 0 Å². The Morgan fingerprint density at radius 3 is 2.31 bits per heavy atom. The van der Waals surface area contributed by atoms with E-state index in [0.29, 0.717) is 17.1 Å². The van der Waals surface area contributed by atoms with Crippen molar-refractivity contribution in [3.63, 3.8) is 0 Å². The molecule has 0 aliphatic heterocycles. The number of hydrogen-bond acceptors (Lipinski definition) is 5. The normalized spacial score (nSPS) is 10.6. The number of nitrogens with zero attached hydrogens (tertiary/aromatic N) is 3. The Labute approximate surface area is 151 Å². The van der Waals surface area contributed by atoms with Gasteiger partial charge >= 0.3 is 0 Å². The summed E-state index contributed by atoms with van der Waals surface area (Å²) in [7, 11) is 3.68. The Bertz CT molecular complexity index is 773. The highest BCUT2D eigenvalue weighted by atomic mass is 19.1. The monoisotopic (exact) mass is 357 g/mol. The van der Waals surface area contributed by atoms with Crippen LogP contribution < -0.4 is 15.5 Å². The zero-order valence-corrected chi connectivity index (χ0v) is 14.6. The second kappa shape index (κ2) is 9.26. The molecule has 0 unspecified atom stereocenters. The predicted octanol–water partition coefficient (Wildman–Crippen LogP) is 1.24. The van der Waals surface area contributed by atoms with E-state index in [-0.39, 0.29) is 24.9 Å². The minimum absolute atomic E-state index is 0.260. The number of benzene rings is 1. The fourth-order valence-corrected chi connectivity index (χ4v) is 1.94. The van der Waals surface area contributed by atoms with Crippen LogP contribution in [0.15, 0.2) is 42.7 Å². The Morgan fingerprint density at radius 1 is 1.08 bits per heavy atom. The van der Waals surface area contributed by atoms with Gasteiger partial charge in [-0.3, -0.25) is 9.59 Å². The highest BCUT2D eigenvalue weighted by molar-refractivity contribution is 5.94.